The Morgan fingerprint density at radius 3 is 2.70 bits per heavy atom. The van der Waals surface area contributed by atoms with Gasteiger partial charge in [0.05, 0.1) is 11.8 Å². The first-order valence-electron chi connectivity index (χ1n) is 7.34. The second-order valence-electron chi connectivity index (χ2n) is 5.37. The maximum atomic E-state index is 10.2. The van der Waals surface area contributed by atoms with Crippen molar-refractivity contribution in [2.75, 3.05) is 5.73 Å². The molecule has 0 fully saturated rings. The van der Waals surface area contributed by atoms with E-state index in [9.17, 15) is 5.11 Å². The molecule has 7 heteroatoms. The molecular weight excluding hydrogens is 314 g/mol. The minimum atomic E-state index is -0.393. The van der Waals surface area contributed by atoms with Crippen molar-refractivity contribution in [3.05, 3.63) is 42.5 Å². The summed E-state index contributed by atoms with van der Waals surface area (Å²) < 4.78 is 1.89. The fourth-order valence-corrected chi connectivity index (χ4v) is 2.68. The topological polar surface area (TPSA) is 89.8 Å². The molecule has 0 amide bonds. The zero-order chi connectivity index (χ0) is 15.7. The fraction of sp³-hybridized carbons (Fsp3) is 0.312. The molecule has 2 heterocycles. The summed E-state index contributed by atoms with van der Waals surface area (Å²) >= 11 is 0. The number of aromatic nitrogens is 4. The summed E-state index contributed by atoms with van der Waals surface area (Å²) in [5, 5.41) is 10.2. The number of para-hydroxylation sites is 1. The van der Waals surface area contributed by atoms with Gasteiger partial charge >= 0.3 is 0 Å². The van der Waals surface area contributed by atoms with Crippen molar-refractivity contribution in [3.8, 4) is 5.69 Å². The van der Waals surface area contributed by atoms with Crippen LogP contribution in [0.1, 0.15) is 31.7 Å². The molecule has 0 aliphatic rings. The van der Waals surface area contributed by atoms with Crippen molar-refractivity contribution in [3.63, 3.8) is 0 Å². The number of nitrogens with zero attached hydrogens (tertiary/aromatic N) is 4. The number of imidazole rings is 1. The first-order chi connectivity index (χ1) is 10.6. The van der Waals surface area contributed by atoms with E-state index >= 15 is 0 Å². The van der Waals surface area contributed by atoms with Gasteiger partial charge in [0, 0.05) is 5.92 Å². The monoisotopic (exact) mass is 333 g/mol. The van der Waals surface area contributed by atoms with E-state index in [-0.39, 0.29) is 18.3 Å². The number of anilines is 1. The number of fused-ring (bicyclic) bond motifs is 1. The Balaban J connectivity index is 0.00000192. The Kier molecular flexibility index (Phi) is 5.18. The zero-order valence-corrected chi connectivity index (χ0v) is 13.9. The van der Waals surface area contributed by atoms with Gasteiger partial charge in [-0.3, -0.25) is 4.57 Å². The molecule has 0 unspecified atom stereocenters. The summed E-state index contributed by atoms with van der Waals surface area (Å²) in [5.74, 6) is 0.376. The predicted octanol–water partition coefficient (Wildman–Crippen LogP) is 2.69. The van der Waals surface area contributed by atoms with Crippen molar-refractivity contribution in [2.45, 2.75) is 32.3 Å². The van der Waals surface area contributed by atoms with Crippen molar-refractivity contribution in [1.29, 1.82) is 0 Å². The van der Waals surface area contributed by atoms with Crippen LogP contribution >= 0.6 is 12.4 Å². The SMILES string of the molecule is CC[C@H](O)[C@H](C)c1ccccc1-n1cnc2c(N)ncnc21.Cl. The van der Waals surface area contributed by atoms with E-state index in [1.807, 2.05) is 42.7 Å². The van der Waals surface area contributed by atoms with Crippen LogP contribution in [0.4, 0.5) is 5.82 Å². The molecule has 0 saturated heterocycles. The molecule has 0 saturated carbocycles. The molecule has 3 rings (SSSR count). The van der Waals surface area contributed by atoms with Crippen molar-refractivity contribution < 1.29 is 5.11 Å². The summed E-state index contributed by atoms with van der Waals surface area (Å²) in [6.07, 6.45) is 3.44. The average Bonchev–Trinajstić information content (AvgIpc) is 2.98. The van der Waals surface area contributed by atoms with Gasteiger partial charge in [-0.25, -0.2) is 15.0 Å². The molecule has 0 aliphatic carbocycles. The Morgan fingerprint density at radius 2 is 1.96 bits per heavy atom. The molecule has 23 heavy (non-hydrogen) atoms. The van der Waals surface area contributed by atoms with E-state index in [0.717, 1.165) is 11.3 Å². The van der Waals surface area contributed by atoms with Crippen LogP contribution in [0, 0.1) is 0 Å². The van der Waals surface area contributed by atoms with Crippen LogP contribution in [0.15, 0.2) is 36.9 Å². The van der Waals surface area contributed by atoms with E-state index in [4.69, 9.17) is 5.73 Å². The maximum Gasteiger partial charge on any atom is 0.170 e. The van der Waals surface area contributed by atoms with E-state index in [2.05, 4.69) is 15.0 Å². The molecule has 0 bridgehead atoms. The third-order valence-electron chi connectivity index (χ3n) is 4.04. The standard InChI is InChI=1S/C16H19N5O.ClH/c1-3-13(22)10(2)11-6-4-5-7-12(11)21-9-20-14-15(17)18-8-19-16(14)21;/h4-10,13,22H,3H2,1-2H3,(H2,17,18,19);1H/t10-,13+;/m1./s1. The van der Waals surface area contributed by atoms with Crippen LogP contribution in [-0.2, 0) is 0 Å². The second-order valence-corrected chi connectivity index (χ2v) is 5.37. The van der Waals surface area contributed by atoms with Crippen molar-refractivity contribution in [2.24, 2.45) is 0 Å². The highest BCUT2D eigenvalue weighted by Crippen LogP contribution is 2.29. The van der Waals surface area contributed by atoms with Gasteiger partial charge in [0.25, 0.3) is 0 Å². The van der Waals surface area contributed by atoms with E-state index in [1.165, 1.54) is 6.33 Å². The molecule has 3 N–H and O–H groups in total. The number of aliphatic hydroxyl groups excluding tert-OH is 1. The summed E-state index contributed by atoms with van der Waals surface area (Å²) in [4.78, 5) is 12.6. The highest BCUT2D eigenvalue weighted by molar-refractivity contribution is 5.85. The second kappa shape index (κ2) is 6.93. The number of nitrogen functional groups attached to an aromatic ring is 1. The normalized spacial score (nSPS) is 13.5. The number of hydrogen-bond donors (Lipinski definition) is 2. The van der Waals surface area contributed by atoms with Gasteiger partial charge in [0.1, 0.15) is 12.7 Å². The number of nitrogens with two attached hydrogens (primary N) is 1. The maximum absolute atomic E-state index is 10.2. The lowest BCUT2D eigenvalue weighted by molar-refractivity contribution is 0.145. The van der Waals surface area contributed by atoms with Gasteiger partial charge in [-0.2, -0.15) is 0 Å². The average molecular weight is 334 g/mol. The summed E-state index contributed by atoms with van der Waals surface area (Å²) in [5.41, 5.74) is 9.09. The molecular formula is C16H20ClN5O. The van der Waals surface area contributed by atoms with E-state index in [0.29, 0.717) is 23.4 Å². The van der Waals surface area contributed by atoms with Crippen LogP contribution in [0.2, 0.25) is 0 Å². The molecule has 2 aromatic heterocycles. The number of benzene rings is 1. The molecule has 1 aromatic carbocycles. The third kappa shape index (κ3) is 3.00. The van der Waals surface area contributed by atoms with Crippen molar-refractivity contribution >= 4 is 29.4 Å². The Bertz CT molecular complexity index is 804. The Labute approximate surface area is 140 Å². The van der Waals surface area contributed by atoms with Gasteiger partial charge in [0.15, 0.2) is 17.0 Å². The summed E-state index contributed by atoms with van der Waals surface area (Å²) in [6, 6.07) is 7.95. The number of halogens is 1. The first kappa shape index (κ1) is 17.2. The van der Waals surface area contributed by atoms with Crippen molar-refractivity contribution in [1.82, 2.24) is 19.5 Å². The fourth-order valence-electron chi connectivity index (χ4n) is 2.68. The molecule has 2 atom stereocenters. The summed E-state index contributed by atoms with van der Waals surface area (Å²) in [6.45, 7) is 4.00. The lowest BCUT2D eigenvalue weighted by Crippen LogP contribution is -2.16. The number of aliphatic hydroxyl groups is 1. The molecule has 122 valence electrons. The lowest BCUT2D eigenvalue weighted by atomic mass is 9.92. The van der Waals surface area contributed by atoms with Crippen LogP contribution in [0.25, 0.3) is 16.9 Å². The molecule has 3 aromatic rings. The van der Waals surface area contributed by atoms with Gasteiger partial charge in [-0.05, 0) is 18.1 Å². The predicted molar refractivity (Wildman–Crippen MR) is 93.0 cm³/mol. The Morgan fingerprint density at radius 1 is 1.22 bits per heavy atom. The highest BCUT2D eigenvalue weighted by atomic mass is 35.5. The molecule has 6 nitrogen and oxygen atoms in total. The largest absolute Gasteiger partial charge is 0.393 e. The Hall–Kier alpha value is -2.18. The van der Waals surface area contributed by atoms with E-state index in [1.54, 1.807) is 6.33 Å². The molecule has 0 radical (unpaired) electrons. The minimum absolute atomic E-state index is 0. The lowest BCUT2D eigenvalue weighted by Gasteiger charge is -2.21. The highest BCUT2D eigenvalue weighted by Gasteiger charge is 2.19. The quantitative estimate of drug-likeness (QED) is 0.766. The summed E-state index contributed by atoms with van der Waals surface area (Å²) in [7, 11) is 0. The van der Waals surface area contributed by atoms with Gasteiger partial charge in [0.2, 0.25) is 0 Å². The van der Waals surface area contributed by atoms with E-state index < -0.39 is 6.10 Å². The van der Waals surface area contributed by atoms with Crippen LogP contribution in [-0.4, -0.2) is 30.7 Å². The molecule has 0 aliphatic heterocycles. The molecule has 0 spiro atoms. The number of hydrogen-bond acceptors (Lipinski definition) is 5. The van der Waals surface area contributed by atoms with Gasteiger partial charge < -0.3 is 10.8 Å². The third-order valence-corrected chi connectivity index (χ3v) is 4.04. The van der Waals surface area contributed by atoms with Gasteiger partial charge in [-0.15, -0.1) is 12.4 Å². The van der Waals surface area contributed by atoms with Gasteiger partial charge in [-0.1, -0.05) is 32.0 Å². The zero-order valence-electron chi connectivity index (χ0n) is 13.0. The minimum Gasteiger partial charge on any atom is -0.393 e. The first-order valence-corrected chi connectivity index (χ1v) is 7.34. The number of rotatable bonds is 4. The van der Waals surface area contributed by atoms with Crippen LogP contribution < -0.4 is 5.73 Å². The van der Waals surface area contributed by atoms with Crippen LogP contribution in [0.5, 0.6) is 0 Å². The van der Waals surface area contributed by atoms with Crippen LogP contribution in [0.3, 0.4) is 0 Å². The smallest absolute Gasteiger partial charge is 0.170 e.